The monoisotopic (exact) mass is 290 g/mol. The minimum absolute atomic E-state index is 0.0714. The molecule has 0 aliphatic heterocycles. The third-order valence-electron chi connectivity index (χ3n) is 5.70. The molecule has 0 saturated heterocycles. The lowest BCUT2D eigenvalue weighted by Gasteiger charge is -2.31. The smallest absolute Gasteiger partial charge is 0.169 e. The highest BCUT2D eigenvalue weighted by atomic mass is 35.5. The average molecular weight is 291 g/mol. The molecule has 2 aliphatic carbocycles. The highest BCUT2D eigenvalue weighted by molar-refractivity contribution is 6.32. The Bertz CT molecular complexity index is 630. The number of aliphatic hydroxyl groups excluding tert-OH is 1. The molecule has 2 atom stereocenters. The van der Waals surface area contributed by atoms with Gasteiger partial charge in [-0.25, -0.2) is 0 Å². The van der Waals surface area contributed by atoms with Crippen molar-refractivity contribution in [1.82, 2.24) is 0 Å². The molecule has 2 unspecified atom stereocenters. The first-order valence-corrected chi connectivity index (χ1v) is 7.41. The third-order valence-corrected chi connectivity index (χ3v) is 6.03. The van der Waals surface area contributed by atoms with Crippen LogP contribution in [0.15, 0.2) is 29.8 Å². The Kier molecular flexibility index (Phi) is 2.81. The zero-order chi connectivity index (χ0) is 14.7. The van der Waals surface area contributed by atoms with Crippen molar-refractivity contribution in [2.24, 2.45) is 16.7 Å². The van der Waals surface area contributed by atoms with E-state index in [1.807, 2.05) is 19.1 Å². The van der Waals surface area contributed by atoms with Crippen molar-refractivity contribution < 1.29 is 9.90 Å². The van der Waals surface area contributed by atoms with E-state index in [1.165, 1.54) is 0 Å². The number of fused-ring (bicyclic) bond motifs is 2. The van der Waals surface area contributed by atoms with Crippen molar-refractivity contribution >= 4 is 23.1 Å². The van der Waals surface area contributed by atoms with Gasteiger partial charge < -0.3 is 5.11 Å². The summed E-state index contributed by atoms with van der Waals surface area (Å²) in [7, 11) is 0. The molecule has 20 heavy (non-hydrogen) atoms. The van der Waals surface area contributed by atoms with Gasteiger partial charge in [0.1, 0.15) is 5.76 Å². The minimum Gasteiger partial charge on any atom is -0.507 e. The highest BCUT2D eigenvalue weighted by Gasteiger charge is 2.65. The van der Waals surface area contributed by atoms with E-state index < -0.39 is 0 Å². The van der Waals surface area contributed by atoms with Crippen molar-refractivity contribution in [2.75, 3.05) is 0 Å². The fraction of sp³-hybridized carbons (Fsp3) is 0.471. The molecule has 0 heterocycles. The van der Waals surface area contributed by atoms with Crippen molar-refractivity contribution in [1.29, 1.82) is 0 Å². The molecule has 3 heteroatoms. The van der Waals surface area contributed by atoms with E-state index in [-0.39, 0.29) is 28.3 Å². The number of hydrogen-bond donors (Lipinski definition) is 1. The van der Waals surface area contributed by atoms with Crippen LogP contribution in [-0.2, 0) is 4.79 Å². The number of Topliss-reactive ketones (excluding diaryl/α,β-unsaturated/α-hetero) is 1. The van der Waals surface area contributed by atoms with Crippen LogP contribution in [0.3, 0.4) is 0 Å². The van der Waals surface area contributed by atoms with Crippen LogP contribution in [0.2, 0.25) is 5.02 Å². The molecule has 2 fully saturated rings. The Morgan fingerprint density at radius 3 is 2.50 bits per heavy atom. The van der Waals surface area contributed by atoms with Crippen molar-refractivity contribution in [3.05, 3.63) is 40.4 Å². The molecule has 0 spiro atoms. The van der Waals surface area contributed by atoms with E-state index in [0.717, 1.165) is 12.8 Å². The second kappa shape index (κ2) is 4.11. The number of allylic oxidation sites excluding steroid dienone is 1. The van der Waals surface area contributed by atoms with Gasteiger partial charge in [-0.3, -0.25) is 4.79 Å². The number of rotatable bonds is 1. The van der Waals surface area contributed by atoms with E-state index in [0.29, 0.717) is 16.2 Å². The lowest BCUT2D eigenvalue weighted by Crippen LogP contribution is -2.32. The molecule has 2 nitrogen and oxygen atoms in total. The Morgan fingerprint density at radius 2 is 1.95 bits per heavy atom. The van der Waals surface area contributed by atoms with E-state index in [2.05, 4.69) is 13.8 Å². The summed E-state index contributed by atoms with van der Waals surface area (Å²) in [4.78, 5) is 12.8. The summed E-state index contributed by atoms with van der Waals surface area (Å²) in [5.74, 6) is 0.287. The quantitative estimate of drug-likeness (QED) is 0.604. The maximum absolute atomic E-state index is 12.8. The fourth-order valence-electron chi connectivity index (χ4n) is 3.94. The molecule has 0 amide bonds. The van der Waals surface area contributed by atoms with Gasteiger partial charge in [0.2, 0.25) is 0 Å². The number of carbonyl (C=O) groups is 1. The second-order valence-electron chi connectivity index (χ2n) is 6.72. The minimum atomic E-state index is -0.359. The van der Waals surface area contributed by atoms with Crippen LogP contribution in [0.4, 0.5) is 0 Å². The van der Waals surface area contributed by atoms with Crippen molar-refractivity contribution in [3.63, 3.8) is 0 Å². The number of carbonyl (C=O) groups excluding carboxylic acids is 1. The van der Waals surface area contributed by atoms with E-state index in [9.17, 15) is 9.90 Å². The first kappa shape index (κ1) is 13.7. The van der Waals surface area contributed by atoms with Gasteiger partial charge >= 0.3 is 0 Å². The molecule has 1 aromatic rings. The van der Waals surface area contributed by atoms with Gasteiger partial charge in [-0.15, -0.1) is 0 Å². The van der Waals surface area contributed by atoms with Gasteiger partial charge in [0.25, 0.3) is 0 Å². The van der Waals surface area contributed by atoms with Gasteiger partial charge in [-0.05, 0) is 36.3 Å². The highest BCUT2D eigenvalue weighted by Crippen LogP contribution is 2.66. The third kappa shape index (κ3) is 1.49. The van der Waals surface area contributed by atoms with Crippen LogP contribution in [0, 0.1) is 16.7 Å². The number of ketones is 1. The average Bonchev–Trinajstić information content (AvgIpc) is 2.71. The Morgan fingerprint density at radius 1 is 1.30 bits per heavy atom. The summed E-state index contributed by atoms with van der Waals surface area (Å²) in [5, 5.41) is 11.1. The first-order valence-electron chi connectivity index (χ1n) is 7.03. The summed E-state index contributed by atoms with van der Waals surface area (Å²) < 4.78 is 0. The number of hydrogen-bond acceptors (Lipinski definition) is 2. The predicted molar refractivity (Wildman–Crippen MR) is 80.6 cm³/mol. The summed E-state index contributed by atoms with van der Waals surface area (Å²) in [6.45, 7) is 6.30. The summed E-state index contributed by atoms with van der Waals surface area (Å²) in [6.07, 6.45) is 1.86. The molecular formula is C17H19ClO2. The summed E-state index contributed by atoms with van der Waals surface area (Å²) in [6, 6.07) is 7.14. The standard InChI is InChI=1S/C17H19ClO2/c1-16(2)11-8-9-17(16,3)15(20)13(11)14(19)10-6-4-5-7-12(10)18/h4-7,11,19H,8-9H2,1-3H3/b14-13-. The molecule has 0 radical (unpaired) electrons. The Hall–Kier alpha value is -1.28. The van der Waals surface area contributed by atoms with E-state index in [1.54, 1.807) is 12.1 Å². The lowest BCUT2D eigenvalue weighted by molar-refractivity contribution is -0.125. The SMILES string of the molecule is CC12CCC(/C(=C(/O)c3ccccc3Cl)C1=O)C2(C)C. The maximum atomic E-state index is 12.8. The molecule has 0 aromatic heterocycles. The normalized spacial score (nSPS) is 33.6. The van der Waals surface area contributed by atoms with Gasteiger partial charge in [0.05, 0.1) is 5.02 Å². The van der Waals surface area contributed by atoms with Crippen LogP contribution in [0.1, 0.15) is 39.2 Å². The predicted octanol–water partition coefficient (Wildman–Crippen LogP) is 4.63. The molecule has 2 bridgehead atoms. The number of aliphatic hydroxyl groups is 1. The zero-order valence-electron chi connectivity index (χ0n) is 12.0. The number of benzene rings is 1. The van der Waals surface area contributed by atoms with Gasteiger partial charge in [0.15, 0.2) is 5.78 Å². The summed E-state index contributed by atoms with van der Waals surface area (Å²) >= 11 is 6.15. The van der Waals surface area contributed by atoms with Crippen LogP contribution in [0.5, 0.6) is 0 Å². The largest absolute Gasteiger partial charge is 0.507 e. The van der Waals surface area contributed by atoms with Crippen molar-refractivity contribution in [2.45, 2.75) is 33.6 Å². The fourth-order valence-corrected chi connectivity index (χ4v) is 4.16. The van der Waals surface area contributed by atoms with Crippen LogP contribution in [-0.4, -0.2) is 10.9 Å². The molecule has 1 N–H and O–H groups in total. The molecule has 2 saturated carbocycles. The molecule has 2 aliphatic rings. The van der Waals surface area contributed by atoms with Crippen LogP contribution < -0.4 is 0 Å². The molecule has 1 aromatic carbocycles. The van der Waals surface area contributed by atoms with Gasteiger partial charge in [-0.1, -0.05) is 44.5 Å². The first-order chi connectivity index (χ1) is 9.30. The van der Waals surface area contributed by atoms with Gasteiger partial charge in [-0.2, -0.15) is 0 Å². The molecule has 106 valence electrons. The zero-order valence-corrected chi connectivity index (χ0v) is 12.8. The topological polar surface area (TPSA) is 37.3 Å². The Balaban J connectivity index is 2.19. The van der Waals surface area contributed by atoms with Crippen LogP contribution >= 0.6 is 11.6 Å². The summed E-state index contributed by atoms with van der Waals surface area (Å²) in [5.41, 5.74) is 0.679. The maximum Gasteiger partial charge on any atom is 0.169 e. The lowest BCUT2D eigenvalue weighted by atomic mass is 9.70. The van der Waals surface area contributed by atoms with Crippen LogP contribution in [0.25, 0.3) is 5.76 Å². The van der Waals surface area contributed by atoms with E-state index >= 15 is 0 Å². The molecule has 3 rings (SSSR count). The van der Waals surface area contributed by atoms with Crippen molar-refractivity contribution in [3.8, 4) is 0 Å². The Labute approximate surface area is 124 Å². The molecular weight excluding hydrogens is 272 g/mol. The second-order valence-corrected chi connectivity index (χ2v) is 7.12. The number of halogens is 1. The van der Waals surface area contributed by atoms with E-state index in [4.69, 9.17) is 11.6 Å². The van der Waals surface area contributed by atoms with Gasteiger partial charge in [0, 0.05) is 16.6 Å².